The number of rotatable bonds is 3. The van der Waals surface area contributed by atoms with Crippen molar-refractivity contribution < 1.29 is 4.79 Å². The molecule has 1 unspecified atom stereocenters. The van der Waals surface area contributed by atoms with Crippen molar-refractivity contribution >= 4 is 50.0 Å². The quantitative estimate of drug-likeness (QED) is 0.513. The molecule has 2 aromatic heterocycles. The first-order chi connectivity index (χ1) is 12.1. The van der Waals surface area contributed by atoms with E-state index >= 15 is 0 Å². The fraction of sp³-hybridized carbons (Fsp3) is 0.100. The molecular weight excluding hydrogens is 352 g/mol. The van der Waals surface area contributed by atoms with Gasteiger partial charge in [0, 0.05) is 15.8 Å². The van der Waals surface area contributed by atoms with Crippen LogP contribution in [0.25, 0.3) is 21.1 Å². The largest absolute Gasteiger partial charge is 0.345 e. The Morgan fingerprint density at radius 3 is 2.64 bits per heavy atom. The van der Waals surface area contributed by atoms with Crippen LogP contribution in [0.2, 0.25) is 5.02 Å². The van der Waals surface area contributed by atoms with Crippen molar-refractivity contribution in [2.45, 2.75) is 13.0 Å². The Kier molecular flexibility index (Phi) is 4.15. The number of thiophene rings is 1. The molecule has 4 aromatic rings. The fourth-order valence-electron chi connectivity index (χ4n) is 2.79. The van der Waals surface area contributed by atoms with Gasteiger partial charge in [-0.2, -0.15) is 0 Å². The molecule has 5 heteroatoms. The van der Waals surface area contributed by atoms with E-state index in [1.165, 1.54) is 11.3 Å². The van der Waals surface area contributed by atoms with Gasteiger partial charge in [-0.1, -0.05) is 41.9 Å². The van der Waals surface area contributed by atoms with Crippen LogP contribution in [-0.4, -0.2) is 10.9 Å². The van der Waals surface area contributed by atoms with Crippen LogP contribution in [-0.2, 0) is 0 Å². The SMILES string of the molecule is CC(NC(=O)c1cc2cc3ccccc3nc2s1)c1ccc(Cl)cc1. The number of nitrogens with one attached hydrogen (secondary N) is 1. The highest BCUT2D eigenvalue weighted by Crippen LogP contribution is 2.28. The molecule has 25 heavy (non-hydrogen) atoms. The zero-order chi connectivity index (χ0) is 17.4. The number of benzene rings is 2. The Hall–Kier alpha value is -2.43. The Balaban J connectivity index is 1.61. The second-order valence-corrected chi connectivity index (χ2v) is 7.40. The third kappa shape index (κ3) is 3.23. The van der Waals surface area contributed by atoms with E-state index < -0.39 is 0 Å². The number of halogens is 1. The molecule has 1 amide bonds. The van der Waals surface area contributed by atoms with E-state index in [1.54, 1.807) is 0 Å². The van der Waals surface area contributed by atoms with Crippen LogP contribution in [0.4, 0.5) is 0 Å². The first-order valence-corrected chi connectivity index (χ1v) is 9.15. The molecule has 4 rings (SSSR count). The summed E-state index contributed by atoms with van der Waals surface area (Å²) in [5.74, 6) is -0.0884. The van der Waals surface area contributed by atoms with Gasteiger partial charge in [0.05, 0.1) is 16.4 Å². The van der Waals surface area contributed by atoms with Crippen LogP contribution in [0.1, 0.15) is 28.2 Å². The van der Waals surface area contributed by atoms with Crippen LogP contribution in [0.3, 0.4) is 0 Å². The summed E-state index contributed by atoms with van der Waals surface area (Å²) >= 11 is 7.33. The number of aromatic nitrogens is 1. The van der Waals surface area contributed by atoms with Gasteiger partial charge in [-0.15, -0.1) is 11.3 Å². The fourth-order valence-corrected chi connectivity index (χ4v) is 3.84. The van der Waals surface area contributed by atoms with Crippen LogP contribution < -0.4 is 5.32 Å². The molecule has 0 bridgehead atoms. The summed E-state index contributed by atoms with van der Waals surface area (Å²) < 4.78 is 0. The van der Waals surface area contributed by atoms with E-state index in [2.05, 4.69) is 16.4 Å². The maximum atomic E-state index is 12.6. The lowest BCUT2D eigenvalue weighted by Gasteiger charge is -2.13. The summed E-state index contributed by atoms with van der Waals surface area (Å²) in [5, 5.41) is 5.79. The van der Waals surface area contributed by atoms with Gasteiger partial charge in [-0.05, 0) is 42.8 Å². The summed E-state index contributed by atoms with van der Waals surface area (Å²) in [4.78, 5) is 18.8. The van der Waals surface area contributed by atoms with Crippen molar-refractivity contribution in [2.24, 2.45) is 0 Å². The molecule has 0 aliphatic rings. The number of para-hydroxylation sites is 1. The van der Waals surface area contributed by atoms with E-state index in [9.17, 15) is 4.79 Å². The van der Waals surface area contributed by atoms with Gasteiger partial charge in [-0.25, -0.2) is 4.98 Å². The van der Waals surface area contributed by atoms with E-state index in [0.717, 1.165) is 26.7 Å². The van der Waals surface area contributed by atoms with E-state index in [0.29, 0.717) is 9.90 Å². The molecule has 124 valence electrons. The summed E-state index contributed by atoms with van der Waals surface area (Å²) in [7, 11) is 0. The average Bonchev–Trinajstić information content (AvgIpc) is 3.03. The number of hydrogen-bond donors (Lipinski definition) is 1. The van der Waals surface area contributed by atoms with E-state index in [1.807, 2.05) is 61.5 Å². The van der Waals surface area contributed by atoms with Gasteiger partial charge in [-0.3, -0.25) is 4.79 Å². The molecule has 2 aromatic carbocycles. The zero-order valence-electron chi connectivity index (χ0n) is 13.5. The average molecular weight is 367 g/mol. The number of amides is 1. The summed E-state index contributed by atoms with van der Waals surface area (Å²) in [6.07, 6.45) is 0. The lowest BCUT2D eigenvalue weighted by Crippen LogP contribution is -2.25. The van der Waals surface area contributed by atoms with Gasteiger partial charge < -0.3 is 5.32 Å². The molecule has 0 aliphatic heterocycles. The first-order valence-electron chi connectivity index (χ1n) is 7.96. The second kappa shape index (κ2) is 6.47. The molecule has 0 aliphatic carbocycles. The predicted octanol–water partition coefficient (Wildman–Crippen LogP) is 5.59. The zero-order valence-corrected chi connectivity index (χ0v) is 15.1. The van der Waals surface area contributed by atoms with Crippen LogP contribution in [0.15, 0.2) is 60.7 Å². The molecule has 1 atom stereocenters. The Labute approximate surface area is 154 Å². The van der Waals surface area contributed by atoms with Gasteiger partial charge in [0.1, 0.15) is 4.83 Å². The summed E-state index contributed by atoms with van der Waals surface area (Å²) in [6, 6.07) is 19.4. The number of fused-ring (bicyclic) bond motifs is 2. The minimum absolute atomic E-state index is 0.0884. The molecule has 0 saturated carbocycles. The Bertz CT molecular complexity index is 1020. The highest BCUT2D eigenvalue weighted by Gasteiger charge is 2.15. The van der Waals surface area contributed by atoms with E-state index in [-0.39, 0.29) is 11.9 Å². The maximum Gasteiger partial charge on any atom is 0.261 e. The molecular formula is C20H15ClN2OS. The van der Waals surface area contributed by atoms with Crippen molar-refractivity contribution in [3.63, 3.8) is 0 Å². The number of carbonyl (C=O) groups excluding carboxylic acids is 1. The molecule has 3 nitrogen and oxygen atoms in total. The Morgan fingerprint density at radius 2 is 1.84 bits per heavy atom. The lowest BCUT2D eigenvalue weighted by atomic mass is 10.1. The van der Waals surface area contributed by atoms with Gasteiger partial charge in [0.2, 0.25) is 0 Å². The molecule has 0 saturated heterocycles. The minimum Gasteiger partial charge on any atom is -0.345 e. The third-order valence-corrected chi connectivity index (χ3v) is 5.45. The smallest absolute Gasteiger partial charge is 0.261 e. The number of pyridine rings is 1. The van der Waals surface area contributed by atoms with Gasteiger partial charge >= 0.3 is 0 Å². The molecule has 2 heterocycles. The highest BCUT2D eigenvalue weighted by atomic mass is 35.5. The summed E-state index contributed by atoms with van der Waals surface area (Å²) in [6.45, 7) is 1.96. The topological polar surface area (TPSA) is 42.0 Å². The normalized spacial score (nSPS) is 12.4. The van der Waals surface area contributed by atoms with Gasteiger partial charge in [0.15, 0.2) is 0 Å². The predicted molar refractivity (Wildman–Crippen MR) is 104 cm³/mol. The lowest BCUT2D eigenvalue weighted by molar-refractivity contribution is 0.0944. The number of nitrogens with zero attached hydrogens (tertiary/aromatic N) is 1. The van der Waals surface area contributed by atoms with Gasteiger partial charge in [0.25, 0.3) is 5.91 Å². The minimum atomic E-state index is -0.0954. The monoisotopic (exact) mass is 366 g/mol. The van der Waals surface area contributed by atoms with Crippen molar-refractivity contribution in [3.05, 3.63) is 76.1 Å². The van der Waals surface area contributed by atoms with Crippen LogP contribution in [0, 0.1) is 0 Å². The molecule has 1 N–H and O–H groups in total. The third-order valence-electron chi connectivity index (χ3n) is 4.15. The van der Waals surface area contributed by atoms with Crippen LogP contribution >= 0.6 is 22.9 Å². The number of carbonyl (C=O) groups is 1. The molecule has 0 fully saturated rings. The van der Waals surface area contributed by atoms with Crippen molar-refractivity contribution in [1.29, 1.82) is 0 Å². The second-order valence-electron chi connectivity index (χ2n) is 5.93. The Morgan fingerprint density at radius 1 is 1.08 bits per heavy atom. The number of hydrogen-bond acceptors (Lipinski definition) is 3. The van der Waals surface area contributed by atoms with Crippen molar-refractivity contribution in [1.82, 2.24) is 10.3 Å². The van der Waals surface area contributed by atoms with Crippen LogP contribution in [0.5, 0.6) is 0 Å². The first kappa shape index (κ1) is 16.1. The van der Waals surface area contributed by atoms with Crippen molar-refractivity contribution in [2.75, 3.05) is 0 Å². The summed E-state index contributed by atoms with van der Waals surface area (Å²) in [5.41, 5.74) is 1.96. The van der Waals surface area contributed by atoms with Crippen molar-refractivity contribution in [3.8, 4) is 0 Å². The molecule has 0 spiro atoms. The maximum absolute atomic E-state index is 12.6. The van der Waals surface area contributed by atoms with E-state index in [4.69, 9.17) is 11.6 Å². The molecule has 0 radical (unpaired) electrons. The highest BCUT2D eigenvalue weighted by molar-refractivity contribution is 7.20. The standard InChI is InChI=1S/C20H15ClN2OS/c1-12(13-6-8-16(21)9-7-13)22-19(24)18-11-15-10-14-4-2-3-5-17(14)23-20(15)25-18/h2-12H,1H3,(H,22,24).